The first-order chi connectivity index (χ1) is 14.0. The highest BCUT2D eigenvalue weighted by molar-refractivity contribution is 5.72. The van der Waals surface area contributed by atoms with Gasteiger partial charge in [0.2, 0.25) is 5.75 Å². The molecule has 0 aliphatic heterocycles. The quantitative estimate of drug-likeness (QED) is 0.558. The molecule has 0 aliphatic rings. The van der Waals surface area contributed by atoms with Crippen molar-refractivity contribution in [3.05, 3.63) is 41.5 Å². The minimum absolute atomic E-state index is 0.141. The van der Waals surface area contributed by atoms with E-state index >= 15 is 0 Å². The maximum atomic E-state index is 12.3. The molecule has 7 nitrogen and oxygen atoms in total. The van der Waals surface area contributed by atoms with Crippen LogP contribution in [0.3, 0.4) is 0 Å². The van der Waals surface area contributed by atoms with Gasteiger partial charge in [0, 0.05) is 5.92 Å². The summed E-state index contributed by atoms with van der Waals surface area (Å²) in [5.74, 6) is 2.07. The van der Waals surface area contributed by atoms with Gasteiger partial charge in [-0.05, 0) is 42.3 Å². The van der Waals surface area contributed by atoms with Gasteiger partial charge in [0.05, 0.1) is 48.6 Å². The lowest BCUT2D eigenvalue weighted by atomic mass is 9.87. The van der Waals surface area contributed by atoms with Crippen LogP contribution in [0.4, 0.5) is 0 Å². The predicted molar refractivity (Wildman–Crippen MR) is 109 cm³/mol. The standard InChI is InChI=1S/C22H28O7/c1-7-29-21(23)13-16(14-8-9-17(24-2)18(10-14)25-3)15-11-19(26-4)22(28-6)20(12-15)27-5/h8-12,16H,7,13H2,1-6H3. The molecular formula is C22H28O7. The van der Waals surface area contributed by atoms with Crippen molar-refractivity contribution in [2.45, 2.75) is 19.3 Å². The Morgan fingerprint density at radius 2 is 1.31 bits per heavy atom. The highest BCUT2D eigenvalue weighted by Gasteiger charge is 2.24. The van der Waals surface area contributed by atoms with Gasteiger partial charge in [-0.1, -0.05) is 6.07 Å². The summed E-state index contributed by atoms with van der Waals surface area (Å²) in [6, 6.07) is 9.23. The van der Waals surface area contributed by atoms with E-state index in [-0.39, 0.29) is 18.3 Å². The molecule has 0 spiro atoms. The molecule has 2 aromatic rings. The molecule has 0 aromatic heterocycles. The van der Waals surface area contributed by atoms with Crippen LogP contribution in [-0.4, -0.2) is 48.1 Å². The number of esters is 1. The Morgan fingerprint density at radius 3 is 1.79 bits per heavy atom. The zero-order valence-electron chi connectivity index (χ0n) is 17.7. The van der Waals surface area contributed by atoms with Crippen molar-refractivity contribution in [1.29, 1.82) is 0 Å². The predicted octanol–water partition coefficient (Wildman–Crippen LogP) is 3.81. The lowest BCUT2D eigenvalue weighted by Crippen LogP contribution is -2.12. The van der Waals surface area contributed by atoms with E-state index < -0.39 is 0 Å². The van der Waals surface area contributed by atoms with Crippen molar-refractivity contribution in [2.75, 3.05) is 42.2 Å². The second kappa shape index (κ2) is 10.5. The van der Waals surface area contributed by atoms with Crippen molar-refractivity contribution >= 4 is 5.97 Å². The Bertz CT molecular complexity index is 807. The van der Waals surface area contributed by atoms with E-state index in [0.29, 0.717) is 35.4 Å². The van der Waals surface area contributed by atoms with E-state index in [2.05, 4.69) is 0 Å². The highest BCUT2D eigenvalue weighted by atomic mass is 16.5. The van der Waals surface area contributed by atoms with Crippen LogP contribution < -0.4 is 23.7 Å². The van der Waals surface area contributed by atoms with Crippen molar-refractivity contribution in [3.8, 4) is 28.7 Å². The van der Waals surface area contributed by atoms with E-state index in [1.54, 1.807) is 42.5 Å². The van der Waals surface area contributed by atoms with Gasteiger partial charge in [0.25, 0.3) is 0 Å². The molecule has 29 heavy (non-hydrogen) atoms. The minimum Gasteiger partial charge on any atom is -0.493 e. The van der Waals surface area contributed by atoms with Crippen LogP contribution in [0.5, 0.6) is 28.7 Å². The summed E-state index contributed by atoms with van der Waals surface area (Å²) in [7, 11) is 7.80. The summed E-state index contributed by atoms with van der Waals surface area (Å²) >= 11 is 0. The van der Waals surface area contributed by atoms with Crippen LogP contribution in [0.2, 0.25) is 0 Å². The zero-order valence-corrected chi connectivity index (χ0v) is 17.7. The van der Waals surface area contributed by atoms with Gasteiger partial charge in [-0.3, -0.25) is 4.79 Å². The third kappa shape index (κ3) is 5.04. The summed E-state index contributed by atoms with van der Waals surface area (Å²) < 4.78 is 32.3. The number of hydrogen-bond acceptors (Lipinski definition) is 7. The average molecular weight is 404 g/mol. The van der Waals surface area contributed by atoms with Gasteiger partial charge in [-0.2, -0.15) is 0 Å². The van der Waals surface area contributed by atoms with Crippen LogP contribution in [0.15, 0.2) is 30.3 Å². The molecular weight excluding hydrogens is 376 g/mol. The number of benzene rings is 2. The summed E-state index contributed by atoms with van der Waals surface area (Å²) in [4.78, 5) is 12.3. The Labute approximate surface area is 171 Å². The van der Waals surface area contributed by atoms with Gasteiger partial charge in [-0.15, -0.1) is 0 Å². The fraction of sp³-hybridized carbons (Fsp3) is 0.409. The lowest BCUT2D eigenvalue weighted by molar-refractivity contribution is -0.143. The number of ether oxygens (including phenoxy) is 6. The number of methoxy groups -OCH3 is 5. The number of carbonyl (C=O) groups excluding carboxylic acids is 1. The second-order valence-corrected chi connectivity index (χ2v) is 6.13. The van der Waals surface area contributed by atoms with Gasteiger partial charge in [0.1, 0.15) is 0 Å². The largest absolute Gasteiger partial charge is 0.493 e. The Hall–Kier alpha value is -3.09. The monoisotopic (exact) mass is 404 g/mol. The smallest absolute Gasteiger partial charge is 0.306 e. The van der Waals surface area contributed by atoms with E-state index in [4.69, 9.17) is 28.4 Å². The first-order valence-corrected chi connectivity index (χ1v) is 9.20. The first kappa shape index (κ1) is 22.2. The summed E-state index contributed by atoms with van der Waals surface area (Å²) in [6.45, 7) is 2.09. The van der Waals surface area contributed by atoms with E-state index in [1.807, 2.05) is 30.3 Å². The number of carbonyl (C=O) groups is 1. The fourth-order valence-electron chi connectivity index (χ4n) is 3.19. The molecule has 0 fully saturated rings. The molecule has 2 rings (SSSR count). The molecule has 7 heteroatoms. The molecule has 0 N–H and O–H groups in total. The molecule has 0 radical (unpaired) electrons. The molecule has 158 valence electrons. The Kier molecular flexibility index (Phi) is 8.00. The van der Waals surface area contributed by atoms with Gasteiger partial charge >= 0.3 is 5.97 Å². The Balaban J connectivity index is 2.61. The van der Waals surface area contributed by atoms with Gasteiger partial charge < -0.3 is 28.4 Å². The van der Waals surface area contributed by atoms with Gasteiger partial charge in [0.15, 0.2) is 23.0 Å². The molecule has 0 saturated carbocycles. The van der Waals surface area contributed by atoms with Gasteiger partial charge in [-0.25, -0.2) is 0 Å². The van der Waals surface area contributed by atoms with Crippen molar-refractivity contribution < 1.29 is 33.2 Å². The van der Waals surface area contributed by atoms with Crippen molar-refractivity contribution in [1.82, 2.24) is 0 Å². The SMILES string of the molecule is CCOC(=O)CC(c1ccc(OC)c(OC)c1)c1cc(OC)c(OC)c(OC)c1. The molecule has 2 aromatic carbocycles. The zero-order chi connectivity index (χ0) is 21.4. The summed E-state index contributed by atoms with van der Waals surface area (Å²) in [6.07, 6.45) is 0.141. The normalized spacial score (nSPS) is 11.4. The molecule has 0 heterocycles. The van der Waals surface area contributed by atoms with Crippen LogP contribution in [-0.2, 0) is 9.53 Å². The van der Waals surface area contributed by atoms with Crippen molar-refractivity contribution in [3.63, 3.8) is 0 Å². The first-order valence-electron chi connectivity index (χ1n) is 9.20. The fourth-order valence-corrected chi connectivity index (χ4v) is 3.19. The molecule has 0 aliphatic carbocycles. The molecule has 0 amide bonds. The van der Waals surface area contributed by atoms with Crippen LogP contribution in [0.25, 0.3) is 0 Å². The Morgan fingerprint density at radius 1 is 0.759 bits per heavy atom. The molecule has 0 bridgehead atoms. The maximum Gasteiger partial charge on any atom is 0.306 e. The van der Waals surface area contributed by atoms with E-state index in [9.17, 15) is 4.79 Å². The summed E-state index contributed by atoms with van der Waals surface area (Å²) in [5.41, 5.74) is 1.68. The minimum atomic E-state index is -0.317. The number of hydrogen-bond donors (Lipinski definition) is 0. The molecule has 1 atom stereocenters. The van der Waals surface area contributed by atoms with Crippen LogP contribution in [0, 0.1) is 0 Å². The average Bonchev–Trinajstić information content (AvgIpc) is 2.75. The lowest BCUT2D eigenvalue weighted by Gasteiger charge is -2.21. The van der Waals surface area contributed by atoms with E-state index in [1.165, 1.54) is 0 Å². The molecule has 1 unspecified atom stereocenters. The van der Waals surface area contributed by atoms with Crippen LogP contribution in [0.1, 0.15) is 30.4 Å². The summed E-state index contributed by atoms with van der Waals surface area (Å²) in [5, 5.41) is 0. The van der Waals surface area contributed by atoms with E-state index in [0.717, 1.165) is 11.1 Å². The topological polar surface area (TPSA) is 72.5 Å². The third-order valence-electron chi connectivity index (χ3n) is 4.58. The second-order valence-electron chi connectivity index (χ2n) is 6.13. The highest BCUT2D eigenvalue weighted by Crippen LogP contribution is 2.43. The maximum absolute atomic E-state index is 12.3. The number of rotatable bonds is 10. The van der Waals surface area contributed by atoms with Crippen LogP contribution >= 0.6 is 0 Å². The van der Waals surface area contributed by atoms with Crippen molar-refractivity contribution in [2.24, 2.45) is 0 Å². The third-order valence-corrected chi connectivity index (χ3v) is 4.58. The molecule has 0 saturated heterocycles.